The molecule has 0 fully saturated rings. The lowest BCUT2D eigenvalue weighted by Crippen LogP contribution is -2.50. The van der Waals surface area contributed by atoms with Crippen molar-refractivity contribution in [2.45, 2.75) is 11.7 Å². The number of nitrogens with two attached hydrogens (primary N) is 1. The van der Waals surface area contributed by atoms with Crippen molar-refractivity contribution < 1.29 is 43.1 Å². The third-order valence-electron chi connectivity index (χ3n) is 6.59. The van der Waals surface area contributed by atoms with Gasteiger partial charge in [0, 0.05) is 24.7 Å². The lowest BCUT2D eigenvalue weighted by molar-refractivity contribution is -0.159. The van der Waals surface area contributed by atoms with Crippen molar-refractivity contribution in [3.8, 4) is 34.8 Å². The van der Waals surface area contributed by atoms with Gasteiger partial charge in [-0.05, 0) is 42.5 Å². The van der Waals surface area contributed by atoms with Crippen LogP contribution in [0.4, 0.5) is 8.78 Å². The first-order valence-corrected chi connectivity index (χ1v) is 12.7. The van der Waals surface area contributed by atoms with Gasteiger partial charge in [0.05, 0.1) is 6.54 Å². The molecule has 5 rings (SSSR count). The van der Waals surface area contributed by atoms with E-state index in [1.54, 1.807) is 18.2 Å². The smallest absolute Gasteiger partial charge is 0.344 e. The van der Waals surface area contributed by atoms with Gasteiger partial charge in [-0.15, -0.1) is 0 Å². The molecule has 0 amide bonds. The number of benzene rings is 2. The van der Waals surface area contributed by atoms with Crippen molar-refractivity contribution >= 4 is 17.6 Å². The van der Waals surface area contributed by atoms with Crippen LogP contribution in [-0.2, 0) is 4.79 Å². The zero-order valence-corrected chi connectivity index (χ0v) is 22.5. The molecular formula is C29H25F2N5O7. The van der Waals surface area contributed by atoms with Crippen LogP contribution in [0.1, 0.15) is 11.1 Å². The molecule has 2 heterocycles. The zero-order valence-electron chi connectivity index (χ0n) is 22.5. The van der Waals surface area contributed by atoms with Crippen molar-refractivity contribution in [3.63, 3.8) is 0 Å². The van der Waals surface area contributed by atoms with Gasteiger partial charge in [-0.3, -0.25) is 10.4 Å². The molecule has 14 heteroatoms. The van der Waals surface area contributed by atoms with Crippen LogP contribution in [-0.4, -0.2) is 74.7 Å². The third-order valence-corrected chi connectivity index (χ3v) is 6.59. The number of nitrogen functional groups attached to an aromatic ring is 1. The number of hydrogen-bond acceptors (Lipinski definition) is 10. The van der Waals surface area contributed by atoms with Gasteiger partial charge in [-0.2, -0.15) is 13.8 Å². The number of hydrogen-bond donors (Lipinski definition) is 5. The number of ether oxygens (including phenoxy) is 3. The minimum atomic E-state index is -2.67. The number of likely N-dealkylation sites (N-methyl/N-ethyl adjacent to an activating group) is 1. The van der Waals surface area contributed by atoms with Crippen molar-refractivity contribution in [1.29, 1.82) is 5.41 Å². The van der Waals surface area contributed by atoms with E-state index >= 15 is 8.78 Å². The van der Waals surface area contributed by atoms with E-state index in [2.05, 4.69) is 9.98 Å². The molecule has 2 aliphatic rings. The Hall–Kier alpha value is -5.50. The molecule has 43 heavy (non-hydrogen) atoms. The zero-order chi connectivity index (χ0) is 30.9. The molecule has 222 valence electrons. The Balaban J connectivity index is 1.59. The van der Waals surface area contributed by atoms with Gasteiger partial charge >= 0.3 is 5.97 Å². The number of allylic oxidation sites excluding steroid dienone is 2. The largest absolute Gasteiger partial charge is 0.504 e. The predicted octanol–water partition coefficient (Wildman–Crippen LogP) is 3.32. The van der Waals surface area contributed by atoms with Crippen LogP contribution >= 0.6 is 0 Å². The van der Waals surface area contributed by atoms with Crippen molar-refractivity contribution in [1.82, 2.24) is 9.88 Å². The highest BCUT2D eigenvalue weighted by atomic mass is 19.1. The molecule has 12 nitrogen and oxygen atoms in total. The normalized spacial score (nSPS) is 19.2. The van der Waals surface area contributed by atoms with E-state index in [0.717, 1.165) is 24.3 Å². The standard InChI is InChI=1S/C29H25F2N5O7/c1-36-12-11-34-25(36)16-5-4-6-17(13-16)41-26-21(30)23(43-20-7-2-3-10-29(20,40)28(38)39)22(31)27(35-26)42-19-14-15(24(32)33)8-9-18(19)37/h2-10,13-14,20,37,40H,11-12H2,1H3,(H3,32,33)(H,38,39). The molecule has 3 aromatic rings. The van der Waals surface area contributed by atoms with E-state index < -0.39 is 58.3 Å². The molecule has 0 spiro atoms. The number of carboxylic acid groups (broad SMARTS) is 1. The molecule has 2 unspecified atom stereocenters. The van der Waals surface area contributed by atoms with Gasteiger partial charge in [0.25, 0.3) is 11.8 Å². The second-order valence-corrected chi connectivity index (χ2v) is 9.55. The summed E-state index contributed by atoms with van der Waals surface area (Å²) in [6.07, 6.45) is 2.77. The number of halogens is 2. The number of carbonyl (C=O) groups is 1. The number of aromatic hydroxyl groups is 1. The number of phenols is 1. The Kier molecular flexibility index (Phi) is 7.70. The summed E-state index contributed by atoms with van der Waals surface area (Å²) in [6, 6.07) is 10.0. The van der Waals surface area contributed by atoms with Gasteiger partial charge in [-0.1, -0.05) is 24.3 Å². The van der Waals surface area contributed by atoms with Gasteiger partial charge in [0.15, 0.2) is 17.6 Å². The topological polar surface area (TPSA) is 184 Å². The highest BCUT2D eigenvalue weighted by molar-refractivity contribution is 6.00. The molecule has 0 saturated heterocycles. The lowest BCUT2D eigenvalue weighted by atomic mass is 9.92. The van der Waals surface area contributed by atoms with Crippen LogP contribution in [0.15, 0.2) is 71.8 Å². The fourth-order valence-corrected chi connectivity index (χ4v) is 4.30. The number of aliphatic imine (C=N–C) groups is 1. The number of amidine groups is 2. The van der Waals surface area contributed by atoms with Crippen molar-refractivity contribution in [3.05, 3.63) is 89.5 Å². The number of aliphatic carboxylic acids is 1. The van der Waals surface area contributed by atoms with E-state index in [1.165, 1.54) is 24.3 Å². The molecule has 1 aliphatic carbocycles. The number of nitrogens with zero attached hydrogens (tertiary/aromatic N) is 3. The molecule has 2 aromatic carbocycles. The summed E-state index contributed by atoms with van der Waals surface area (Å²) in [5, 5.41) is 38.2. The summed E-state index contributed by atoms with van der Waals surface area (Å²) in [4.78, 5) is 22.0. The first kappa shape index (κ1) is 29.0. The van der Waals surface area contributed by atoms with Gasteiger partial charge in [-0.25, -0.2) is 4.79 Å². The Morgan fingerprint density at radius 3 is 2.56 bits per heavy atom. The Labute approximate surface area is 243 Å². The molecule has 0 saturated carbocycles. The van der Waals surface area contributed by atoms with Crippen LogP contribution < -0.4 is 19.9 Å². The molecule has 6 N–H and O–H groups in total. The number of rotatable bonds is 9. The van der Waals surface area contributed by atoms with Gasteiger partial charge in [0.1, 0.15) is 17.4 Å². The molecule has 2 atom stereocenters. The average molecular weight is 594 g/mol. The van der Waals surface area contributed by atoms with Crippen LogP contribution in [0, 0.1) is 17.0 Å². The first-order chi connectivity index (χ1) is 20.5. The van der Waals surface area contributed by atoms with E-state index in [9.17, 15) is 20.1 Å². The van der Waals surface area contributed by atoms with Crippen molar-refractivity contribution in [2.75, 3.05) is 20.1 Å². The highest BCUT2D eigenvalue weighted by Crippen LogP contribution is 2.41. The number of phenolic OH excluding ortho intramolecular Hbond substituents is 1. The fraction of sp³-hybridized carbons (Fsp3) is 0.172. The van der Waals surface area contributed by atoms with E-state index in [0.29, 0.717) is 24.5 Å². The predicted molar refractivity (Wildman–Crippen MR) is 149 cm³/mol. The molecule has 0 bridgehead atoms. The summed E-state index contributed by atoms with van der Waals surface area (Å²) in [6.45, 7) is 1.30. The molecule has 0 radical (unpaired) electrons. The second-order valence-electron chi connectivity index (χ2n) is 9.55. The molecule has 1 aliphatic heterocycles. The van der Waals surface area contributed by atoms with Crippen molar-refractivity contribution in [2.24, 2.45) is 10.7 Å². The number of aliphatic hydroxyl groups is 1. The maximum Gasteiger partial charge on any atom is 0.344 e. The summed E-state index contributed by atoms with van der Waals surface area (Å²) >= 11 is 0. The number of carboxylic acids is 1. The minimum absolute atomic E-state index is 0.0827. The monoisotopic (exact) mass is 593 g/mol. The maximum atomic E-state index is 15.9. The van der Waals surface area contributed by atoms with Crippen LogP contribution in [0.5, 0.6) is 34.8 Å². The minimum Gasteiger partial charge on any atom is -0.504 e. The SMILES string of the molecule is CN1CCN=C1c1cccc(Oc2nc(Oc3cc(C(=N)N)ccc3O)c(F)c(OC3C=CC=CC3(O)C(=O)O)c2F)c1. The summed E-state index contributed by atoms with van der Waals surface area (Å²) < 4.78 is 48.2. The first-order valence-electron chi connectivity index (χ1n) is 12.7. The summed E-state index contributed by atoms with van der Waals surface area (Å²) in [5.74, 6) is -8.19. The number of pyridine rings is 1. The fourth-order valence-electron chi connectivity index (χ4n) is 4.30. The molecular weight excluding hydrogens is 568 g/mol. The third kappa shape index (κ3) is 5.67. The van der Waals surface area contributed by atoms with Crippen LogP contribution in [0.3, 0.4) is 0 Å². The highest BCUT2D eigenvalue weighted by Gasteiger charge is 2.45. The lowest BCUT2D eigenvalue weighted by Gasteiger charge is -2.30. The Bertz CT molecular complexity index is 1710. The summed E-state index contributed by atoms with van der Waals surface area (Å²) in [5.41, 5.74) is 3.60. The molecule has 1 aromatic heterocycles. The maximum absolute atomic E-state index is 15.9. The quantitative estimate of drug-likeness (QED) is 0.182. The number of aromatic nitrogens is 1. The summed E-state index contributed by atoms with van der Waals surface area (Å²) in [7, 11) is 1.86. The average Bonchev–Trinajstić information content (AvgIpc) is 3.41. The van der Waals surface area contributed by atoms with Gasteiger partial charge in [0.2, 0.25) is 23.0 Å². The van der Waals surface area contributed by atoms with E-state index in [1.807, 2.05) is 11.9 Å². The van der Waals surface area contributed by atoms with E-state index in [-0.39, 0.29) is 17.1 Å². The van der Waals surface area contributed by atoms with Crippen LogP contribution in [0.25, 0.3) is 0 Å². The Morgan fingerprint density at radius 2 is 1.88 bits per heavy atom. The van der Waals surface area contributed by atoms with Crippen LogP contribution in [0.2, 0.25) is 0 Å². The van der Waals surface area contributed by atoms with Gasteiger partial charge < -0.3 is 40.2 Å². The number of nitrogens with one attached hydrogen (secondary N) is 1. The Morgan fingerprint density at radius 1 is 1.14 bits per heavy atom. The van der Waals surface area contributed by atoms with E-state index in [4.69, 9.17) is 25.4 Å². The second kappa shape index (κ2) is 11.4.